The van der Waals surface area contributed by atoms with Crippen LogP contribution in [0.4, 0.5) is 10.1 Å². The van der Waals surface area contributed by atoms with Crippen LogP contribution in [0.2, 0.25) is 0 Å². The van der Waals surface area contributed by atoms with Gasteiger partial charge in [-0.3, -0.25) is 24.6 Å². The van der Waals surface area contributed by atoms with E-state index in [0.29, 0.717) is 17.7 Å². The normalized spacial score (nSPS) is 31.8. The minimum absolute atomic E-state index is 0.254. The Morgan fingerprint density at radius 3 is 2.46 bits per heavy atom. The molecule has 1 spiro atoms. The molecule has 0 radical (unpaired) electrons. The number of imide groups is 1. The van der Waals surface area contributed by atoms with Crippen LogP contribution in [-0.2, 0) is 19.9 Å². The van der Waals surface area contributed by atoms with E-state index in [1.165, 1.54) is 23.1 Å². The number of anilines is 1. The molecule has 28 heavy (non-hydrogen) atoms. The summed E-state index contributed by atoms with van der Waals surface area (Å²) in [7, 11) is 0. The first kappa shape index (κ1) is 19.1. The maximum Gasteiger partial charge on any atom is 0.250 e. The molecule has 1 aromatic rings. The number of carbonyl (C=O) groups is 3. The molecule has 3 aliphatic rings. The van der Waals surface area contributed by atoms with E-state index in [4.69, 9.17) is 0 Å². The van der Waals surface area contributed by atoms with Crippen molar-refractivity contribution in [3.63, 3.8) is 0 Å². The Balaban J connectivity index is 1.91. The molecule has 3 aliphatic heterocycles. The van der Waals surface area contributed by atoms with Crippen molar-refractivity contribution in [2.24, 2.45) is 17.8 Å². The third-order valence-corrected chi connectivity index (χ3v) is 6.07. The third kappa shape index (κ3) is 2.38. The maximum atomic E-state index is 14.1. The molecule has 0 aromatic heterocycles. The first-order valence-corrected chi connectivity index (χ1v) is 9.75. The van der Waals surface area contributed by atoms with Crippen molar-refractivity contribution in [1.29, 1.82) is 0 Å². The van der Waals surface area contributed by atoms with E-state index in [-0.39, 0.29) is 23.8 Å². The zero-order chi connectivity index (χ0) is 20.6. The molecule has 6 nitrogen and oxygen atoms in total. The van der Waals surface area contributed by atoms with Crippen molar-refractivity contribution in [2.45, 2.75) is 58.2 Å². The number of benzene rings is 1. The minimum atomic E-state index is -1.42. The second kappa shape index (κ2) is 5.86. The monoisotopic (exact) mass is 387 g/mol. The Morgan fingerprint density at radius 1 is 1.18 bits per heavy atom. The molecule has 150 valence electrons. The Morgan fingerprint density at radius 2 is 1.86 bits per heavy atom. The third-order valence-electron chi connectivity index (χ3n) is 6.07. The van der Waals surface area contributed by atoms with Crippen LogP contribution in [0.25, 0.3) is 0 Å². The van der Waals surface area contributed by atoms with Gasteiger partial charge in [-0.15, -0.1) is 0 Å². The van der Waals surface area contributed by atoms with Crippen LogP contribution in [0.3, 0.4) is 0 Å². The van der Waals surface area contributed by atoms with Crippen molar-refractivity contribution in [3.8, 4) is 0 Å². The van der Waals surface area contributed by atoms with Gasteiger partial charge in [0.25, 0.3) is 0 Å². The van der Waals surface area contributed by atoms with E-state index < -0.39 is 34.6 Å². The van der Waals surface area contributed by atoms with Crippen LogP contribution in [0.15, 0.2) is 18.2 Å². The molecule has 0 aliphatic carbocycles. The molecule has 1 aromatic carbocycles. The number of likely N-dealkylation sites (tertiary alicyclic amines) is 1. The largest absolute Gasteiger partial charge is 0.324 e. The van der Waals surface area contributed by atoms with Crippen LogP contribution in [0.5, 0.6) is 0 Å². The van der Waals surface area contributed by atoms with E-state index in [1.54, 1.807) is 0 Å². The Labute approximate surface area is 163 Å². The van der Waals surface area contributed by atoms with Crippen LogP contribution in [-0.4, -0.2) is 34.2 Å². The van der Waals surface area contributed by atoms with E-state index >= 15 is 0 Å². The first-order chi connectivity index (χ1) is 13.0. The molecular weight excluding hydrogens is 361 g/mol. The van der Waals surface area contributed by atoms with Gasteiger partial charge in [0.1, 0.15) is 11.4 Å². The fraction of sp³-hybridized carbons (Fsp3) is 0.571. The average Bonchev–Trinajstić information content (AvgIpc) is 3.12. The lowest BCUT2D eigenvalue weighted by Crippen LogP contribution is -2.55. The number of amides is 3. The second-order valence-electron chi connectivity index (χ2n) is 9.52. The number of hydrogen-bond donors (Lipinski definition) is 2. The van der Waals surface area contributed by atoms with Crippen molar-refractivity contribution in [1.82, 2.24) is 10.2 Å². The van der Waals surface area contributed by atoms with Crippen LogP contribution < -0.4 is 10.6 Å². The minimum Gasteiger partial charge on any atom is -0.324 e. The Kier molecular flexibility index (Phi) is 3.99. The van der Waals surface area contributed by atoms with Gasteiger partial charge in [-0.25, -0.2) is 4.39 Å². The zero-order valence-electron chi connectivity index (χ0n) is 16.8. The molecule has 2 saturated heterocycles. The van der Waals surface area contributed by atoms with Gasteiger partial charge in [0.2, 0.25) is 17.7 Å². The number of hydrogen-bond acceptors (Lipinski definition) is 4. The van der Waals surface area contributed by atoms with Crippen LogP contribution >= 0.6 is 0 Å². The van der Waals surface area contributed by atoms with Crippen molar-refractivity contribution < 1.29 is 18.8 Å². The Bertz CT molecular complexity index is 891. The second-order valence-corrected chi connectivity index (χ2v) is 9.52. The van der Waals surface area contributed by atoms with Gasteiger partial charge in [-0.2, -0.15) is 0 Å². The van der Waals surface area contributed by atoms with Gasteiger partial charge in [0.05, 0.1) is 11.8 Å². The lowest BCUT2D eigenvalue weighted by Gasteiger charge is -2.34. The van der Waals surface area contributed by atoms with Gasteiger partial charge in [0, 0.05) is 22.8 Å². The molecule has 2 fully saturated rings. The molecule has 4 rings (SSSR count). The highest BCUT2D eigenvalue weighted by Gasteiger charge is 2.71. The van der Waals surface area contributed by atoms with E-state index in [1.807, 2.05) is 34.6 Å². The summed E-state index contributed by atoms with van der Waals surface area (Å²) in [4.78, 5) is 41.3. The highest BCUT2D eigenvalue weighted by Crippen LogP contribution is 2.54. The molecule has 4 atom stereocenters. The summed E-state index contributed by atoms with van der Waals surface area (Å²) in [5, 5.41) is 6.10. The van der Waals surface area contributed by atoms with E-state index in [2.05, 4.69) is 10.6 Å². The highest BCUT2D eigenvalue weighted by atomic mass is 19.1. The van der Waals surface area contributed by atoms with Crippen molar-refractivity contribution in [2.75, 3.05) is 5.32 Å². The summed E-state index contributed by atoms with van der Waals surface area (Å²) in [6.45, 7) is 9.50. The van der Waals surface area contributed by atoms with E-state index in [0.717, 1.165) is 0 Å². The SMILES string of the molecule is CC(C)CC1NC2(C(=O)Nc3ccc(F)cc32)C2C(=O)N(C(C)(C)C)C(=O)C12. The predicted octanol–water partition coefficient (Wildman–Crippen LogP) is 2.39. The van der Waals surface area contributed by atoms with Crippen LogP contribution in [0, 0.1) is 23.6 Å². The lowest BCUT2D eigenvalue weighted by atomic mass is 9.76. The molecule has 2 N–H and O–H groups in total. The first-order valence-electron chi connectivity index (χ1n) is 9.75. The quantitative estimate of drug-likeness (QED) is 0.764. The number of rotatable bonds is 2. The number of carbonyl (C=O) groups excluding carboxylic acids is 3. The molecule has 3 amide bonds. The van der Waals surface area contributed by atoms with Crippen molar-refractivity contribution in [3.05, 3.63) is 29.6 Å². The topological polar surface area (TPSA) is 78.5 Å². The molecule has 3 heterocycles. The molecule has 0 saturated carbocycles. The molecule has 4 unspecified atom stereocenters. The summed E-state index contributed by atoms with van der Waals surface area (Å²) in [5.74, 6) is -2.77. The Hall–Kier alpha value is -2.28. The van der Waals surface area contributed by atoms with Gasteiger partial charge in [-0.1, -0.05) is 13.8 Å². The van der Waals surface area contributed by atoms with Crippen LogP contribution in [0.1, 0.15) is 46.6 Å². The van der Waals surface area contributed by atoms with Gasteiger partial charge < -0.3 is 5.32 Å². The summed E-state index contributed by atoms with van der Waals surface area (Å²) >= 11 is 0. The summed E-state index contributed by atoms with van der Waals surface area (Å²) < 4.78 is 14.1. The smallest absolute Gasteiger partial charge is 0.250 e. The number of fused-ring (bicyclic) bond motifs is 4. The summed E-state index contributed by atoms with van der Waals surface area (Å²) in [6.07, 6.45) is 0.637. The molecular formula is C21H26FN3O3. The fourth-order valence-electron chi connectivity index (χ4n) is 5.15. The highest BCUT2D eigenvalue weighted by molar-refractivity contribution is 6.15. The standard InChI is InChI=1S/C21H26FN3O3/c1-10(2)8-14-15-16(18(27)25(17(15)26)20(3,4)5)21(24-14)12-9-11(22)6-7-13(12)23-19(21)28/h6-7,9-10,14-16,24H,8H2,1-5H3,(H,23,28). The number of nitrogens with zero attached hydrogens (tertiary/aromatic N) is 1. The molecule has 0 bridgehead atoms. The number of halogens is 1. The maximum absolute atomic E-state index is 14.1. The zero-order valence-corrected chi connectivity index (χ0v) is 16.8. The van der Waals surface area contributed by atoms with Crippen molar-refractivity contribution >= 4 is 23.4 Å². The van der Waals surface area contributed by atoms with E-state index in [9.17, 15) is 18.8 Å². The molecule has 7 heteroatoms. The van der Waals surface area contributed by atoms with Gasteiger partial charge in [0.15, 0.2) is 0 Å². The van der Waals surface area contributed by atoms with Gasteiger partial charge >= 0.3 is 0 Å². The number of nitrogens with one attached hydrogen (secondary N) is 2. The predicted molar refractivity (Wildman–Crippen MR) is 102 cm³/mol. The fourth-order valence-corrected chi connectivity index (χ4v) is 5.15. The summed E-state index contributed by atoms with van der Waals surface area (Å²) in [6, 6.07) is 3.74. The lowest BCUT2D eigenvalue weighted by molar-refractivity contribution is -0.147. The summed E-state index contributed by atoms with van der Waals surface area (Å²) in [5.41, 5.74) is -1.22. The average molecular weight is 387 g/mol. The van der Waals surface area contributed by atoms with Gasteiger partial charge in [-0.05, 0) is 51.3 Å².